The topological polar surface area (TPSA) is 70.0 Å². The molecule has 0 saturated carbocycles. The highest BCUT2D eigenvalue weighted by molar-refractivity contribution is 7.14. The zero-order valence-electron chi connectivity index (χ0n) is 13.5. The van der Waals surface area contributed by atoms with E-state index in [1.54, 1.807) is 6.07 Å². The Morgan fingerprint density at radius 3 is 2.80 bits per heavy atom. The van der Waals surface area contributed by atoms with Crippen LogP contribution in [0.15, 0.2) is 53.9 Å². The Kier molecular flexibility index (Phi) is 5.25. The second kappa shape index (κ2) is 7.76. The Morgan fingerprint density at radius 2 is 2.04 bits per heavy atom. The van der Waals surface area contributed by atoms with Crippen LogP contribution in [0.25, 0.3) is 11.3 Å². The van der Waals surface area contributed by atoms with E-state index in [4.69, 9.17) is 10.1 Å². The van der Waals surface area contributed by atoms with E-state index in [9.17, 15) is 4.39 Å². The van der Waals surface area contributed by atoms with Crippen molar-refractivity contribution in [2.45, 2.75) is 6.54 Å². The van der Waals surface area contributed by atoms with E-state index in [1.165, 1.54) is 30.6 Å². The smallest absolute Gasteiger partial charge is 0.195 e. The van der Waals surface area contributed by atoms with E-state index in [1.807, 2.05) is 35.7 Å². The third kappa shape index (κ3) is 4.33. The monoisotopic (exact) mass is 356 g/mol. The largest absolute Gasteiger partial charge is 0.496 e. The van der Waals surface area contributed by atoms with Gasteiger partial charge in [-0.3, -0.25) is 5.41 Å². The number of thiazole rings is 1. The summed E-state index contributed by atoms with van der Waals surface area (Å²) in [6, 6.07) is 14.1. The summed E-state index contributed by atoms with van der Waals surface area (Å²) in [5.74, 6) is 0.312. The molecule has 0 radical (unpaired) electrons. The Bertz CT molecular complexity index is 867. The molecule has 7 heteroatoms. The fourth-order valence-corrected chi connectivity index (χ4v) is 3.02. The minimum absolute atomic E-state index is 0.0836. The Balaban J connectivity index is 1.60. The van der Waals surface area contributed by atoms with E-state index < -0.39 is 0 Å². The molecule has 0 amide bonds. The molecule has 0 aliphatic carbocycles. The van der Waals surface area contributed by atoms with E-state index in [-0.39, 0.29) is 18.3 Å². The van der Waals surface area contributed by atoms with Crippen LogP contribution in [0.2, 0.25) is 0 Å². The van der Waals surface area contributed by atoms with Gasteiger partial charge in [-0.05, 0) is 18.2 Å². The van der Waals surface area contributed by atoms with Crippen LogP contribution in [0, 0.1) is 11.2 Å². The van der Waals surface area contributed by atoms with Crippen molar-refractivity contribution in [1.82, 2.24) is 10.3 Å². The van der Waals surface area contributed by atoms with Crippen LogP contribution < -0.4 is 15.4 Å². The molecule has 0 unspecified atom stereocenters. The predicted molar refractivity (Wildman–Crippen MR) is 98.7 cm³/mol. The number of aromatic nitrogens is 1. The number of methoxy groups -OCH3 is 1. The molecule has 3 aromatic rings. The molecule has 3 rings (SSSR count). The summed E-state index contributed by atoms with van der Waals surface area (Å²) in [6.07, 6.45) is 0. The molecule has 0 spiro atoms. The van der Waals surface area contributed by atoms with Gasteiger partial charge in [0.05, 0.1) is 12.8 Å². The molecular weight excluding hydrogens is 339 g/mol. The number of nitrogens with one attached hydrogen (secondary N) is 3. The van der Waals surface area contributed by atoms with E-state index >= 15 is 0 Å². The molecule has 5 nitrogen and oxygen atoms in total. The van der Waals surface area contributed by atoms with Gasteiger partial charge in [-0.1, -0.05) is 30.3 Å². The third-order valence-corrected chi connectivity index (χ3v) is 4.26. The van der Waals surface area contributed by atoms with Crippen molar-refractivity contribution in [3.05, 3.63) is 65.3 Å². The number of halogens is 1. The molecule has 0 aliphatic heterocycles. The van der Waals surface area contributed by atoms with E-state index in [2.05, 4.69) is 15.6 Å². The first-order chi connectivity index (χ1) is 12.2. The maximum Gasteiger partial charge on any atom is 0.195 e. The highest BCUT2D eigenvalue weighted by Gasteiger charge is 2.08. The highest BCUT2D eigenvalue weighted by atomic mass is 32.1. The van der Waals surface area contributed by atoms with E-state index in [0.717, 1.165) is 11.3 Å². The molecule has 128 valence electrons. The predicted octanol–water partition coefficient (Wildman–Crippen LogP) is 4.09. The molecule has 0 aliphatic rings. The van der Waals surface area contributed by atoms with Crippen molar-refractivity contribution >= 4 is 22.4 Å². The van der Waals surface area contributed by atoms with Gasteiger partial charge in [0.15, 0.2) is 11.1 Å². The third-order valence-electron chi connectivity index (χ3n) is 3.50. The van der Waals surface area contributed by atoms with Gasteiger partial charge in [0.1, 0.15) is 11.6 Å². The number of benzene rings is 2. The van der Waals surface area contributed by atoms with Gasteiger partial charge in [-0.2, -0.15) is 0 Å². The fraction of sp³-hybridized carbons (Fsp3) is 0.111. The zero-order chi connectivity index (χ0) is 17.6. The average Bonchev–Trinajstić information content (AvgIpc) is 3.09. The van der Waals surface area contributed by atoms with Gasteiger partial charge in [-0.15, -0.1) is 11.3 Å². The first-order valence-corrected chi connectivity index (χ1v) is 8.46. The van der Waals surface area contributed by atoms with Gasteiger partial charge in [0, 0.05) is 23.1 Å². The molecule has 1 heterocycles. The van der Waals surface area contributed by atoms with Gasteiger partial charge in [0.25, 0.3) is 0 Å². The van der Waals surface area contributed by atoms with Crippen LogP contribution in [0.1, 0.15) is 5.56 Å². The van der Waals surface area contributed by atoms with Crippen molar-refractivity contribution in [2.24, 2.45) is 0 Å². The molecule has 2 aromatic carbocycles. The lowest BCUT2D eigenvalue weighted by Gasteiger charge is -2.11. The maximum atomic E-state index is 13.4. The first kappa shape index (κ1) is 16.9. The molecule has 25 heavy (non-hydrogen) atoms. The number of guanidine groups is 1. The van der Waals surface area contributed by atoms with Crippen LogP contribution in [-0.2, 0) is 6.54 Å². The van der Waals surface area contributed by atoms with Gasteiger partial charge < -0.3 is 15.4 Å². The van der Waals surface area contributed by atoms with E-state index in [0.29, 0.717) is 16.4 Å². The summed E-state index contributed by atoms with van der Waals surface area (Å²) in [6.45, 7) is 0.268. The standard InChI is InChI=1S/C18H17FN4OS/c1-24-16-8-7-14(19)9-13(16)10-21-17(20)23-18-22-15(11-25-18)12-5-3-2-4-6-12/h2-9,11H,10H2,1H3,(H3,20,21,22,23). The number of nitrogens with zero attached hydrogens (tertiary/aromatic N) is 1. The summed E-state index contributed by atoms with van der Waals surface area (Å²) < 4.78 is 18.6. The summed E-state index contributed by atoms with van der Waals surface area (Å²) in [4.78, 5) is 4.47. The summed E-state index contributed by atoms with van der Waals surface area (Å²) in [7, 11) is 1.53. The zero-order valence-corrected chi connectivity index (χ0v) is 14.4. The van der Waals surface area contributed by atoms with Crippen molar-refractivity contribution in [2.75, 3.05) is 12.4 Å². The second-order valence-electron chi connectivity index (χ2n) is 5.21. The first-order valence-electron chi connectivity index (χ1n) is 7.58. The number of hydrogen-bond donors (Lipinski definition) is 3. The van der Waals surface area contributed by atoms with Gasteiger partial charge >= 0.3 is 0 Å². The quantitative estimate of drug-likeness (QED) is 0.476. The van der Waals surface area contributed by atoms with Crippen LogP contribution in [0.5, 0.6) is 5.75 Å². The molecule has 0 atom stereocenters. The number of ether oxygens (including phenoxy) is 1. The van der Waals surface area contributed by atoms with Crippen LogP contribution in [0.4, 0.5) is 9.52 Å². The van der Waals surface area contributed by atoms with Crippen LogP contribution >= 0.6 is 11.3 Å². The Hall–Kier alpha value is -2.93. The lowest BCUT2D eigenvalue weighted by molar-refractivity contribution is 0.407. The van der Waals surface area contributed by atoms with Crippen molar-refractivity contribution < 1.29 is 9.13 Å². The lowest BCUT2D eigenvalue weighted by atomic mass is 10.2. The van der Waals surface area contributed by atoms with Gasteiger partial charge in [0.2, 0.25) is 0 Å². The minimum atomic E-state index is -0.343. The lowest BCUT2D eigenvalue weighted by Crippen LogP contribution is -2.29. The van der Waals surface area contributed by atoms with Crippen molar-refractivity contribution in [3.8, 4) is 17.0 Å². The summed E-state index contributed by atoms with van der Waals surface area (Å²) in [5.41, 5.74) is 2.52. The molecular formula is C18H17FN4OS. The Morgan fingerprint density at radius 1 is 1.24 bits per heavy atom. The number of anilines is 1. The fourth-order valence-electron chi connectivity index (χ4n) is 2.29. The number of hydrogen-bond acceptors (Lipinski definition) is 4. The molecule has 1 aromatic heterocycles. The van der Waals surface area contributed by atoms with Crippen molar-refractivity contribution in [3.63, 3.8) is 0 Å². The number of rotatable bonds is 5. The minimum Gasteiger partial charge on any atom is -0.496 e. The summed E-state index contributed by atoms with van der Waals surface area (Å²) >= 11 is 1.42. The Labute approximate surface area is 149 Å². The molecule has 0 fully saturated rings. The maximum absolute atomic E-state index is 13.4. The molecule has 3 N–H and O–H groups in total. The van der Waals surface area contributed by atoms with Crippen LogP contribution in [-0.4, -0.2) is 18.1 Å². The second-order valence-corrected chi connectivity index (χ2v) is 6.07. The normalized spacial score (nSPS) is 10.3. The highest BCUT2D eigenvalue weighted by Crippen LogP contribution is 2.24. The summed E-state index contributed by atoms with van der Waals surface area (Å²) in [5, 5.41) is 16.3. The SMILES string of the molecule is COc1ccc(F)cc1CNC(=N)Nc1nc(-c2ccccc2)cs1. The van der Waals surface area contributed by atoms with Crippen LogP contribution in [0.3, 0.4) is 0 Å². The van der Waals surface area contributed by atoms with Gasteiger partial charge in [-0.25, -0.2) is 9.37 Å². The molecule has 0 saturated heterocycles. The average molecular weight is 356 g/mol. The van der Waals surface area contributed by atoms with Crippen molar-refractivity contribution in [1.29, 1.82) is 5.41 Å². The molecule has 0 bridgehead atoms.